The van der Waals surface area contributed by atoms with E-state index in [9.17, 15) is 9.59 Å². The molecule has 2 aliphatic rings. The standard InChI is InChI=1S/C22H24ClFN4O2/c1-21(20(25)30)7-8-22(10-21)11-27-18-15(22)16(23)14(9-26-18)12-5-4-6-13(17(12)24)19(29)28(2)3/h4-6,9H,7-8,10-11H2,1-3H3,(H2,25,30)(H,26,27)/t21-,22-/m0/s1. The molecule has 0 saturated heterocycles. The van der Waals surface area contributed by atoms with Gasteiger partial charge in [-0.25, -0.2) is 9.37 Å². The summed E-state index contributed by atoms with van der Waals surface area (Å²) in [6.45, 7) is 2.48. The Morgan fingerprint density at radius 1 is 1.27 bits per heavy atom. The molecule has 1 aromatic carbocycles. The van der Waals surface area contributed by atoms with Crippen molar-refractivity contribution >= 4 is 29.2 Å². The zero-order chi connectivity index (χ0) is 21.8. The van der Waals surface area contributed by atoms with E-state index in [-0.39, 0.29) is 22.4 Å². The lowest BCUT2D eigenvalue weighted by atomic mass is 9.76. The smallest absolute Gasteiger partial charge is 0.256 e. The van der Waals surface area contributed by atoms with Gasteiger partial charge in [-0.15, -0.1) is 0 Å². The van der Waals surface area contributed by atoms with Crippen LogP contribution in [0.25, 0.3) is 11.1 Å². The van der Waals surface area contributed by atoms with E-state index in [1.165, 1.54) is 17.2 Å². The van der Waals surface area contributed by atoms with Crippen molar-refractivity contribution in [2.24, 2.45) is 11.1 Å². The normalized spacial score (nSPS) is 24.6. The Labute approximate surface area is 179 Å². The third-order valence-electron chi connectivity index (χ3n) is 6.54. The number of nitrogens with one attached hydrogen (secondary N) is 1. The number of primary amides is 1. The molecule has 1 fully saturated rings. The third kappa shape index (κ3) is 2.95. The number of aromatic nitrogens is 1. The van der Waals surface area contributed by atoms with Crippen molar-refractivity contribution in [2.75, 3.05) is 26.0 Å². The Bertz CT molecular complexity index is 1070. The van der Waals surface area contributed by atoms with E-state index in [4.69, 9.17) is 17.3 Å². The molecular weight excluding hydrogens is 407 g/mol. The third-order valence-corrected chi connectivity index (χ3v) is 6.94. The molecule has 30 heavy (non-hydrogen) atoms. The van der Waals surface area contributed by atoms with Gasteiger partial charge in [-0.05, 0) is 25.3 Å². The van der Waals surface area contributed by atoms with Gasteiger partial charge in [-0.1, -0.05) is 30.7 Å². The number of anilines is 1. The summed E-state index contributed by atoms with van der Waals surface area (Å²) in [4.78, 5) is 30.2. The number of halogens is 2. The number of amides is 2. The lowest BCUT2D eigenvalue weighted by molar-refractivity contribution is -0.126. The number of nitrogens with two attached hydrogens (primary N) is 1. The van der Waals surface area contributed by atoms with Crippen LogP contribution in [0.15, 0.2) is 24.4 Å². The van der Waals surface area contributed by atoms with Gasteiger partial charge in [0, 0.05) is 54.4 Å². The van der Waals surface area contributed by atoms with Crippen molar-refractivity contribution in [3.8, 4) is 11.1 Å². The number of hydrogen-bond acceptors (Lipinski definition) is 4. The van der Waals surface area contributed by atoms with Gasteiger partial charge in [0.15, 0.2) is 0 Å². The maximum atomic E-state index is 15.3. The highest BCUT2D eigenvalue weighted by Gasteiger charge is 2.53. The molecule has 2 heterocycles. The van der Waals surface area contributed by atoms with Crippen LogP contribution in [0.5, 0.6) is 0 Å². The minimum Gasteiger partial charge on any atom is -0.369 e. The minimum absolute atomic E-state index is 0.0240. The topological polar surface area (TPSA) is 88.3 Å². The van der Waals surface area contributed by atoms with E-state index < -0.39 is 17.1 Å². The Balaban J connectivity index is 1.83. The largest absolute Gasteiger partial charge is 0.369 e. The second-order valence-electron chi connectivity index (χ2n) is 8.81. The second kappa shape index (κ2) is 6.94. The number of hydrogen-bond donors (Lipinski definition) is 2. The van der Waals surface area contributed by atoms with Gasteiger partial charge >= 0.3 is 0 Å². The molecule has 4 rings (SSSR count). The Kier molecular flexibility index (Phi) is 4.77. The summed E-state index contributed by atoms with van der Waals surface area (Å²) in [5, 5.41) is 3.68. The molecule has 0 radical (unpaired) electrons. The van der Waals surface area contributed by atoms with Crippen LogP contribution in [0.4, 0.5) is 10.2 Å². The fourth-order valence-corrected chi connectivity index (χ4v) is 5.24. The lowest BCUT2D eigenvalue weighted by Crippen LogP contribution is -2.35. The predicted octanol–water partition coefficient (Wildman–Crippen LogP) is 3.58. The number of benzene rings is 1. The predicted molar refractivity (Wildman–Crippen MR) is 114 cm³/mol. The number of rotatable bonds is 3. The molecule has 1 spiro atoms. The molecule has 8 heteroatoms. The molecule has 3 N–H and O–H groups in total. The van der Waals surface area contributed by atoms with Crippen molar-refractivity contribution in [3.05, 3.63) is 46.4 Å². The highest BCUT2D eigenvalue weighted by atomic mass is 35.5. The van der Waals surface area contributed by atoms with Crippen molar-refractivity contribution in [1.29, 1.82) is 0 Å². The van der Waals surface area contributed by atoms with E-state index in [0.717, 1.165) is 12.0 Å². The molecule has 2 atom stereocenters. The molecule has 2 amide bonds. The van der Waals surface area contributed by atoms with Crippen LogP contribution < -0.4 is 11.1 Å². The van der Waals surface area contributed by atoms with E-state index in [1.807, 2.05) is 6.92 Å². The monoisotopic (exact) mass is 430 g/mol. The summed E-state index contributed by atoms with van der Waals surface area (Å²) in [6.07, 6.45) is 3.48. The van der Waals surface area contributed by atoms with Gasteiger partial charge < -0.3 is 16.0 Å². The summed E-state index contributed by atoms with van der Waals surface area (Å²) in [6, 6.07) is 4.68. The molecule has 6 nitrogen and oxygen atoms in total. The number of carbonyl (C=O) groups is 2. The van der Waals surface area contributed by atoms with Crippen LogP contribution in [-0.4, -0.2) is 42.3 Å². The van der Waals surface area contributed by atoms with Gasteiger partial charge in [0.1, 0.15) is 11.6 Å². The summed E-state index contributed by atoms with van der Waals surface area (Å²) >= 11 is 6.84. The molecule has 0 unspecified atom stereocenters. The zero-order valence-electron chi connectivity index (χ0n) is 17.2. The first kappa shape index (κ1) is 20.6. The summed E-state index contributed by atoms with van der Waals surface area (Å²) in [5.41, 5.74) is 6.08. The van der Waals surface area contributed by atoms with Crippen molar-refractivity contribution in [3.63, 3.8) is 0 Å². The molecular formula is C22H24ClFN4O2. The fraction of sp³-hybridized carbons (Fsp3) is 0.409. The van der Waals surface area contributed by atoms with Gasteiger partial charge in [0.2, 0.25) is 5.91 Å². The molecule has 1 saturated carbocycles. The van der Waals surface area contributed by atoms with E-state index in [1.54, 1.807) is 26.2 Å². The maximum absolute atomic E-state index is 15.3. The number of carbonyl (C=O) groups excluding carboxylic acids is 2. The molecule has 2 aromatic rings. The van der Waals surface area contributed by atoms with Crippen molar-refractivity contribution in [2.45, 2.75) is 31.6 Å². The van der Waals surface area contributed by atoms with Crippen LogP contribution in [0, 0.1) is 11.2 Å². The Morgan fingerprint density at radius 2 is 2.00 bits per heavy atom. The highest BCUT2D eigenvalue weighted by Crippen LogP contribution is 2.57. The molecule has 0 bridgehead atoms. The Morgan fingerprint density at radius 3 is 2.63 bits per heavy atom. The summed E-state index contributed by atoms with van der Waals surface area (Å²) in [7, 11) is 3.15. The van der Waals surface area contributed by atoms with Crippen LogP contribution >= 0.6 is 11.6 Å². The minimum atomic E-state index is -0.631. The average Bonchev–Trinajstić information content (AvgIpc) is 3.24. The van der Waals surface area contributed by atoms with Crippen molar-refractivity contribution in [1.82, 2.24) is 9.88 Å². The SMILES string of the molecule is CN(C)C(=O)c1cccc(-c2cnc3c(c2Cl)[C@]2(CC[C@](C)(C(N)=O)C2)CN3)c1F. The number of pyridine rings is 1. The molecule has 158 valence electrons. The van der Waals surface area contributed by atoms with Crippen LogP contribution in [-0.2, 0) is 10.2 Å². The average molecular weight is 431 g/mol. The maximum Gasteiger partial charge on any atom is 0.256 e. The first-order valence-electron chi connectivity index (χ1n) is 9.83. The van der Waals surface area contributed by atoms with Gasteiger partial charge in [-0.2, -0.15) is 0 Å². The van der Waals surface area contributed by atoms with Gasteiger partial charge in [0.05, 0.1) is 10.6 Å². The van der Waals surface area contributed by atoms with E-state index in [2.05, 4.69) is 10.3 Å². The first-order chi connectivity index (χ1) is 14.1. The van der Waals surface area contributed by atoms with Crippen LogP contribution in [0.3, 0.4) is 0 Å². The molecule has 1 aliphatic carbocycles. The summed E-state index contributed by atoms with van der Waals surface area (Å²) < 4.78 is 15.3. The van der Waals surface area contributed by atoms with Gasteiger partial charge in [0.25, 0.3) is 5.91 Å². The zero-order valence-corrected chi connectivity index (χ0v) is 17.9. The number of fused-ring (bicyclic) bond motifs is 2. The summed E-state index contributed by atoms with van der Waals surface area (Å²) in [5.74, 6) is -0.730. The van der Waals surface area contributed by atoms with Crippen LogP contribution in [0.2, 0.25) is 5.02 Å². The van der Waals surface area contributed by atoms with Gasteiger partial charge in [-0.3, -0.25) is 9.59 Å². The van der Waals surface area contributed by atoms with Crippen molar-refractivity contribution < 1.29 is 14.0 Å². The second-order valence-corrected chi connectivity index (χ2v) is 9.19. The quantitative estimate of drug-likeness (QED) is 0.778. The fourth-order valence-electron chi connectivity index (χ4n) is 4.80. The van der Waals surface area contributed by atoms with E-state index >= 15 is 4.39 Å². The molecule has 1 aromatic heterocycles. The highest BCUT2D eigenvalue weighted by molar-refractivity contribution is 6.34. The number of nitrogens with zero attached hydrogens (tertiary/aromatic N) is 2. The molecule has 1 aliphatic heterocycles. The van der Waals surface area contributed by atoms with E-state index in [0.29, 0.717) is 35.8 Å². The Hall–Kier alpha value is -2.67. The first-order valence-corrected chi connectivity index (χ1v) is 10.2. The lowest BCUT2D eigenvalue weighted by Gasteiger charge is -2.27. The van der Waals surface area contributed by atoms with Crippen LogP contribution in [0.1, 0.15) is 42.1 Å².